The van der Waals surface area contributed by atoms with E-state index in [1.165, 1.54) is 5.56 Å². The second-order valence-electron chi connectivity index (χ2n) is 6.64. The summed E-state index contributed by atoms with van der Waals surface area (Å²) >= 11 is 0. The third kappa shape index (κ3) is 4.26. The molecule has 1 saturated heterocycles. The fourth-order valence-corrected chi connectivity index (χ4v) is 3.39. The van der Waals surface area contributed by atoms with E-state index in [0.717, 1.165) is 44.5 Å². The van der Waals surface area contributed by atoms with Gasteiger partial charge in [-0.05, 0) is 50.4 Å². The van der Waals surface area contributed by atoms with Crippen LogP contribution in [0, 0.1) is 5.92 Å². The van der Waals surface area contributed by atoms with Crippen molar-refractivity contribution in [1.82, 2.24) is 10.2 Å². The van der Waals surface area contributed by atoms with Gasteiger partial charge in [-0.1, -0.05) is 18.2 Å². The van der Waals surface area contributed by atoms with Crippen LogP contribution in [0.2, 0.25) is 0 Å². The van der Waals surface area contributed by atoms with Gasteiger partial charge in [-0.3, -0.25) is 14.5 Å². The molecule has 6 nitrogen and oxygen atoms in total. The molecule has 2 heterocycles. The summed E-state index contributed by atoms with van der Waals surface area (Å²) in [5.74, 6) is 0.667. The molecule has 1 atom stereocenters. The minimum atomic E-state index is -0.228. The first-order chi connectivity index (χ1) is 11.6. The SMILES string of the molecule is NC(=O)C1CCN(CC(=O)NC[C@H]2CCc3ccccc3O2)CC1. The van der Waals surface area contributed by atoms with Crippen molar-refractivity contribution in [1.29, 1.82) is 0 Å². The van der Waals surface area contributed by atoms with Crippen LogP contribution >= 0.6 is 0 Å². The molecular formula is C18H25N3O3. The van der Waals surface area contributed by atoms with E-state index in [9.17, 15) is 9.59 Å². The number of nitrogens with one attached hydrogen (secondary N) is 1. The van der Waals surface area contributed by atoms with Crippen molar-refractivity contribution in [2.24, 2.45) is 11.7 Å². The Morgan fingerprint density at radius 1 is 1.21 bits per heavy atom. The standard InChI is InChI=1S/C18H25N3O3/c19-18(23)14-7-9-21(10-8-14)12-17(22)20-11-15-6-5-13-3-1-2-4-16(13)24-15/h1-4,14-15H,5-12H2,(H2,19,23)(H,20,22)/t15-/m1/s1. The third-order valence-corrected chi connectivity index (χ3v) is 4.89. The maximum Gasteiger partial charge on any atom is 0.234 e. The summed E-state index contributed by atoms with van der Waals surface area (Å²) in [4.78, 5) is 25.3. The van der Waals surface area contributed by atoms with Crippen LogP contribution in [-0.4, -0.2) is 49.0 Å². The number of aryl methyl sites for hydroxylation is 1. The van der Waals surface area contributed by atoms with Gasteiger partial charge in [-0.15, -0.1) is 0 Å². The van der Waals surface area contributed by atoms with Crippen molar-refractivity contribution >= 4 is 11.8 Å². The monoisotopic (exact) mass is 331 g/mol. The van der Waals surface area contributed by atoms with Gasteiger partial charge >= 0.3 is 0 Å². The van der Waals surface area contributed by atoms with Gasteiger partial charge in [0.15, 0.2) is 0 Å². The van der Waals surface area contributed by atoms with Crippen LogP contribution in [0.4, 0.5) is 0 Å². The van der Waals surface area contributed by atoms with Gasteiger partial charge in [0.1, 0.15) is 11.9 Å². The Kier molecular flexibility index (Phi) is 5.35. The lowest BCUT2D eigenvalue weighted by Crippen LogP contribution is -2.45. The Balaban J connectivity index is 1.38. The molecule has 0 aliphatic carbocycles. The molecule has 0 bridgehead atoms. The maximum absolute atomic E-state index is 12.1. The molecule has 6 heteroatoms. The fourth-order valence-electron chi connectivity index (χ4n) is 3.39. The molecule has 0 unspecified atom stereocenters. The quantitative estimate of drug-likeness (QED) is 0.831. The number of carbonyl (C=O) groups excluding carboxylic acids is 2. The minimum Gasteiger partial charge on any atom is -0.488 e. The van der Waals surface area contributed by atoms with Crippen molar-refractivity contribution in [3.05, 3.63) is 29.8 Å². The van der Waals surface area contributed by atoms with Gasteiger partial charge < -0.3 is 15.8 Å². The summed E-state index contributed by atoms with van der Waals surface area (Å²) in [7, 11) is 0. The number of nitrogens with two attached hydrogens (primary N) is 1. The third-order valence-electron chi connectivity index (χ3n) is 4.89. The lowest BCUT2D eigenvalue weighted by Gasteiger charge is -2.30. The van der Waals surface area contributed by atoms with E-state index >= 15 is 0 Å². The first kappa shape index (κ1) is 16.8. The van der Waals surface area contributed by atoms with Gasteiger partial charge in [-0.2, -0.15) is 0 Å². The Hall–Kier alpha value is -2.08. The smallest absolute Gasteiger partial charge is 0.234 e. The van der Waals surface area contributed by atoms with Crippen LogP contribution in [0.25, 0.3) is 0 Å². The number of rotatable bonds is 5. The average molecular weight is 331 g/mol. The number of fused-ring (bicyclic) bond motifs is 1. The first-order valence-corrected chi connectivity index (χ1v) is 8.65. The zero-order valence-electron chi connectivity index (χ0n) is 13.9. The summed E-state index contributed by atoms with van der Waals surface area (Å²) in [5, 5.41) is 2.97. The van der Waals surface area contributed by atoms with Crippen LogP contribution in [0.3, 0.4) is 0 Å². The number of carbonyl (C=O) groups is 2. The van der Waals surface area contributed by atoms with E-state index < -0.39 is 0 Å². The maximum atomic E-state index is 12.1. The number of nitrogens with zero attached hydrogens (tertiary/aromatic N) is 1. The normalized spacial score (nSPS) is 21.6. The van der Waals surface area contributed by atoms with Crippen molar-refractivity contribution in [2.75, 3.05) is 26.2 Å². The zero-order valence-corrected chi connectivity index (χ0v) is 13.9. The highest BCUT2D eigenvalue weighted by Crippen LogP contribution is 2.26. The molecule has 0 spiro atoms. The van der Waals surface area contributed by atoms with Crippen LogP contribution in [0.5, 0.6) is 5.75 Å². The molecule has 2 aliphatic rings. The predicted octanol–water partition coefficient (Wildman–Crippen LogP) is 0.694. The minimum absolute atomic E-state index is 0.00924. The number of piperidine rings is 1. The molecule has 1 fully saturated rings. The van der Waals surface area contributed by atoms with Crippen LogP contribution in [-0.2, 0) is 16.0 Å². The second-order valence-corrected chi connectivity index (χ2v) is 6.64. The van der Waals surface area contributed by atoms with Crippen molar-refractivity contribution in [2.45, 2.75) is 31.8 Å². The fraction of sp³-hybridized carbons (Fsp3) is 0.556. The largest absolute Gasteiger partial charge is 0.488 e. The molecule has 0 saturated carbocycles. The van der Waals surface area contributed by atoms with Gasteiger partial charge in [0.25, 0.3) is 0 Å². The van der Waals surface area contributed by atoms with E-state index in [1.807, 2.05) is 18.2 Å². The number of amides is 2. The number of hydrogen-bond donors (Lipinski definition) is 2. The molecule has 0 radical (unpaired) electrons. The molecular weight excluding hydrogens is 306 g/mol. The van der Waals surface area contributed by atoms with Gasteiger partial charge in [-0.25, -0.2) is 0 Å². The highest BCUT2D eigenvalue weighted by molar-refractivity contribution is 5.78. The molecule has 3 N–H and O–H groups in total. The number of para-hydroxylation sites is 1. The molecule has 24 heavy (non-hydrogen) atoms. The number of likely N-dealkylation sites (tertiary alicyclic amines) is 1. The van der Waals surface area contributed by atoms with Crippen LogP contribution in [0.1, 0.15) is 24.8 Å². The number of primary amides is 1. The van der Waals surface area contributed by atoms with Gasteiger partial charge in [0.05, 0.1) is 13.1 Å². The zero-order chi connectivity index (χ0) is 16.9. The molecule has 1 aromatic carbocycles. The molecule has 0 aromatic heterocycles. The summed E-state index contributed by atoms with van der Waals surface area (Å²) in [5.41, 5.74) is 6.56. The Morgan fingerprint density at radius 2 is 1.96 bits per heavy atom. The predicted molar refractivity (Wildman–Crippen MR) is 90.5 cm³/mol. The molecule has 2 aliphatic heterocycles. The van der Waals surface area contributed by atoms with Gasteiger partial charge in [0.2, 0.25) is 11.8 Å². The Morgan fingerprint density at radius 3 is 2.71 bits per heavy atom. The van der Waals surface area contributed by atoms with E-state index in [-0.39, 0.29) is 23.8 Å². The Labute approximate surface area is 142 Å². The van der Waals surface area contributed by atoms with Crippen molar-refractivity contribution in [3.8, 4) is 5.75 Å². The first-order valence-electron chi connectivity index (χ1n) is 8.65. The number of ether oxygens (including phenoxy) is 1. The van der Waals surface area contributed by atoms with E-state index in [4.69, 9.17) is 10.5 Å². The number of benzene rings is 1. The van der Waals surface area contributed by atoms with Crippen LogP contribution in [0.15, 0.2) is 24.3 Å². The van der Waals surface area contributed by atoms with E-state index in [2.05, 4.69) is 16.3 Å². The molecule has 1 aromatic rings. The van der Waals surface area contributed by atoms with Crippen molar-refractivity contribution in [3.63, 3.8) is 0 Å². The highest BCUT2D eigenvalue weighted by Gasteiger charge is 2.25. The van der Waals surface area contributed by atoms with E-state index in [1.54, 1.807) is 0 Å². The summed E-state index contributed by atoms with van der Waals surface area (Å²) in [6, 6.07) is 8.05. The summed E-state index contributed by atoms with van der Waals surface area (Å²) in [6.07, 6.45) is 3.42. The lowest BCUT2D eigenvalue weighted by molar-refractivity contribution is -0.124. The van der Waals surface area contributed by atoms with Gasteiger partial charge in [0, 0.05) is 5.92 Å². The van der Waals surface area contributed by atoms with Crippen LogP contribution < -0.4 is 15.8 Å². The molecule has 2 amide bonds. The number of hydrogen-bond acceptors (Lipinski definition) is 4. The highest BCUT2D eigenvalue weighted by atomic mass is 16.5. The summed E-state index contributed by atoms with van der Waals surface area (Å²) in [6.45, 7) is 2.39. The topological polar surface area (TPSA) is 84.7 Å². The molecule has 3 rings (SSSR count). The van der Waals surface area contributed by atoms with E-state index in [0.29, 0.717) is 13.1 Å². The summed E-state index contributed by atoms with van der Waals surface area (Å²) < 4.78 is 5.93. The molecule has 130 valence electrons. The second kappa shape index (κ2) is 7.66. The lowest BCUT2D eigenvalue weighted by atomic mass is 9.96. The average Bonchev–Trinajstić information content (AvgIpc) is 2.60. The Bertz CT molecular complexity index is 597. The van der Waals surface area contributed by atoms with Crippen molar-refractivity contribution < 1.29 is 14.3 Å².